The highest BCUT2D eigenvalue weighted by Gasteiger charge is 2.43. The van der Waals surface area contributed by atoms with Crippen LogP contribution in [-0.2, 0) is 0 Å². The van der Waals surface area contributed by atoms with E-state index in [4.69, 9.17) is 44.0 Å². The van der Waals surface area contributed by atoms with Crippen LogP contribution in [0.1, 0.15) is 49.9 Å². The molecule has 0 saturated heterocycles. The molecule has 0 amide bonds. The van der Waals surface area contributed by atoms with Gasteiger partial charge in [0.05, 0.1) is 83.2 Å². The maximum absolute atomic E-state index is 15.0. The molecule has 0 aliphatic carbocycles. The molecule has 20 rings (SSSR count). The lowest BCUT2D eigenvalue weighted by Gasteiger charge is -2.29. The highest BCUT2D eigenvalue weighted by Crippen LogP contribution is 2.56. The molecule has 0 saturated carbocycles. The van der Waals surface area contributed by atoms with E-state index in [0.29, 0.717) is 56.5 Å². The first-order chi connectivity index (χ1) is 55.7. The van der Waals surface area contributed by atoms with E-state index in [-0.39, 0.29) is 47.4 Å². The number of aromatic nitrogens is 2. The molecule has 0 radical (unpaired) electrons. The van der Waals surface area contributed by atoms with E-state index in [1.165, 1.54) is 24.3 Å². The number of hydrogen-bond acceptors (Lipinski definition) is 14. The number of nitrogens with zero attached hydrogens (tertiary/aromatic N) is 14. The summed E-state index contributed by atoms with van der Waals surface area (Å²) in [7, 11) is 6.95. The van der Waals surface area contributed by atoms with E-state index in [2.05, 4.69) is 29.3 Å². The fraction of sp³-hybridized carbons (Fsp3) is 0.178. The van der Waals surface area contributed by atoms with Gasteiger partial charge in [-0.05, 0) is 150 Å². The van der Waals surface area contributed by atoms with Gasteiger partial charge in [0.1, 0.15) is 70.3 Å². The van der Waals surface area contributed by atoms with Gasteiger partial charge in [0, 0.05) is 107 Å². The molecule has 576 valence electrons. The minimum Gasteiger partial charge on any atom is -0.456 e. The minimum atomic E-state index is -0.875. The second-order valence-electron chi connectivity index (χ2n) is 29.1. The molecule has 0 bridgehead atoms. The van der Waals surface area contributed by atoms with Crippen molar-refractivity contribution in [2.45, 2.75) is 80.1 Å². The van der Waals surface area contributed by atoms with Gasteiger partial charge in [-0.25, -0.2) is 64.5 Å². The highest BCUT2D eigenvalue weighted by atomic mass is 19.2. The van der Waals surface area contributed by atoms with Gasteiger partial charge in [0.2, 0.25) is 11.4 Å². The third kappa shape index (κ3) is 11.1. The van der Waals surface area contributed by atoms with Crippen LogP contribution in [0, 0.1) is 101 Å². The average molecular weight is 1560 g/mol. The van der Waals surface area contributed by atoms with Crippen molar-refractivity contribution < 1.29 is 52.8 Å². The number of para-hydroxylation sites is 2. The van der Waals surface area contributed by atoms with Crippen LogP contribution < -0.4 is 39.2 Å². The molecule has 26 heteroatoms. The number of anilines is 12. The van der Waals surface area contributed by atoms with Crippen molar-refractivity contribution in [3.8, 4) is 0 Å². The van der Waals surface area contributed by atoms with E-state index in [0.717, 1.165) is 99.3 Å². The van der Waals surface area contributed by atoms with Crippen LogP contribution in [0.3, 0.4) is 0 Å². The van der Waals surface area contributed by atoms with Crippen LogP contribution in [0.2, 0.25) is 0 Å². The third-order valence-electron chi connectivity index (χ3n) is 22.8. The predicted molar refractivity (Wildman–Crippen MR) is 440 cm³/mol. The fourth-order valence-corrected chi connectivity index (χ4v) is 16.7. The van der Waals surface area contributed by atoms with Crippen LogP contribution in [0.4, 0.5) is 126 Å². The Bertz CT molecular complexity index is 6670. The number of fused-ring (bicyclic) bond motifs is 16. The molecule has 116 heavy (non-hydrogen) atoms. The molecule has 18 nitrogen and oxygen atoms in total. The van der Waals surface area contributed by atoms with E-state index < -0.39 is 69.3 Å². The molecule has 0 N–H and O–H groups in total. The summed E-state index contributed by atoms with van der Waals surface area (Å²) in [5.41, 5.74) is 12.2. The molecular formula is C90H66F8N14O4. The molecule has 0 unspecified atom stereocenters. The number of rotatable bonds is 4. The standard InChI is InChI=1S/2C23H17F2N3O.2C22H16F2N4O/c1-12-9-15-14-7-5-6-8-19(14)29-20(15)11-17(12)28-13(2)27(4)23-18(28)10-16(24)22(26-3)21(23)25;1-12-9-10-15-14-7-5-6-8-18(14)29-23(15)21(12)28-13(2)27(4)22-17(28)11-16(24)20(26-3)19(22)25;1-11-7-8-13-14-6-5-9-26-22(14)29-21(13)19(11)28-12(2)27(4)20-16(28)10-15(23)18(25-3)17(20)24;1-11-8-14-13-6-5-7-26-22(13)29-18(14)10-16(11)28-12(2)27(4)21-17(28)9-15(23)20(25-3)19(21)24/h2*5-11,13H,1-2,4H3;2*5-10,12H,1-2,4H3/t2*13-;2*12-/m0000/s1. The number of halogens is 8. The largest absolute Gasteiger partial charge is 0.456 e. The Labute approximate surface area is 658 Å². The van der Waals surface area contributed by atoms with Crippen LogP contribution in [0.15, 0.2) is 176 Å². The molecule has 16 aromatic rings. The lowest BCUT2D eigenvalue weighted by molar-refractivity contribution is 0.593. The third-order valence-corrected chi connectivity index (χ3v) is 22.8. The smallest absolute Gasteiger partial charge is 0.259 e. The lowest BCUT2D eigenvalue weighted by Crippen LogP contribution is -2.36. The van der Waals surface area contributed by atoms with Gasteiger partial charge < -0.3 is 56.9 Å². The predicted octanol–water partition coefficient (Wildman–Crippen LogP) is 25.4. The summed E-state index contributed by atoms with van der Waals surface area (Å²) in [6, 6.07) is 43.9. The molecule has 0 spiro atoms. The van der Waals surface area contributed by atoms with Crippen molar-refractivity contribution in [1.29, 1.82) is 0 Å². The SMILES string of the molecule is [C-]#[N+]c1c(F)cc2c(c1F)N(C)[C@H](C)N2c1c(C)ccc2c1oc1ccccc12.[C-]#[N+]c1c(F)cc2c(c1F)N(C)[C@H](C)N2c1c(C)ccc2c1oc1ncccc12.[C-]#[N+]c1c(F)cc2c(c1F)N(C)[C@H](C)N2c1cc2oc3ccccc3c2cc1C.[C-]#[N+]c1c(F)cc2c(c1F)N(C)[C@H](C)N2c1cc2oc3ncccc3c2cc1C. The zero-order valence-corrected chi connectivity index (χ0v) is 64.2. The Kier molecular flexibility index (Phi) is 17.7. The van der Waals surface area contributed by atoms with E-state index in [1.807, 2.05) is 196 Å². The molecule has 4 aliphatic rings. The van der Waals surface area contributed by atoms with Crippen molar-refractivity contribution in [2.24, 2.45) is 0 Å². The monoisotopic (exact) mass is 1560 g/mol. The molecule has 10 aromatic carbocycles. The lowest BCUT2D eigenvalue weighted by atomic mass is 10.1. The summed E-state index contributed by atoms with van der Waals surface area (Å²) in [5, 5.41) is 7.60. The number of furan rings is 4. The Hall–Kier alpha value is -14.5. The van der Waals surface area contributed by atoms with Gasteiger partial charge in [-0.3, -0.25) is 0 Å². The van der Waals surface area contributed by atoms with Gasteiger partial charge in [0.15, 0.2) is 34.4 Å². The summed E-state index contributed by atoms with van der Waals surface area (Å²) in [5.74, 6) is -6.79. The Morgan fingerprint density at radius 3 is 1.03 bits per heavy atom. The van der Waals surface area contributed by atoms with Crippen molar-refractivity contribution in [2.75, 3.05) is 67.4 Å². The zero-order valence-electron chi connectivity index (χ0n) is 64.2. The van der Waals surface area contributed by atoms with Crippen molar-refractivity contribution in [3.05, 3.63) is 272 Å². The van der Waals surface area contributed by atoms with E-state index in [1.54, 1.807) is 60.2 Å². The summed E-state index contributed by atoms with van der Waals surface area (Å²) in [6.07, 6.45) is 2.18. The number of benzene rings is 10. The Balaban J connectivity index is 0.000000111. The molecule has 0 fully saturated rings. The highest BCUT2D eigenvalue weighted by molar-refractivity contribution is 6.13. The summed E-state index contributed by atoms with van der Waals surface area (Å²) < 4.78 is 142. The van der Waals surface area contributed by atoms with Crippen LogP contribution >= 0.6 is 0 Å². The molecule has 4 atom stereocenters. The van der Waals surface area contributed by atoms with Crippen LogP contribution in [0.5, 0.6) is 0 Å². The van der Waals surface area contributed by atoms with E-state index >= 15 is 0 Å². The first-order valence-corrected chi connectivity index (χ1v) is 36.7. The topological polar surface area (TPSA) is 122 Å². The summed E-state index contributed by atoms with van der Waals surface area (Å²) in [4.78, 5) is 35.0. The number of pyridine rings is 2. The fourth-order valence-electron chi connectivity index (χ4n) is 16.7. The number of aryl methyl sites for hydroxylation is 4. The van der Waals surface area contributed by atoms with Gasteiger partial charge in [-0.2, -0.15) is 0 Å². The molecule has 6 aromatic heterocycles. The molecule has 10 heterocycles. The van der Waals surface area contributed by atoms with Crippen molar-refractivity contribution in [3.63, 3.8) is 0 Å². The molecule has 4 aliphatic heterocycles. The van der Waals surface area contributed by atoms with Crippen LogP contribution in [0.25, 0.3) is 107 Å². The normalized spacial score (nSPS) is 15.9. The molecular weight excluding hydrogens is 1490 g/mol. The number of hydrogen-bond donors (Lipinski definition) is 0. The van der Waals surface area contributed by atoms with Gasteiger partial charge in [0.25, 0.3) is 22.7 Å². The minimum absolute atomic E-state index is 0.204. The summed E-state index contributed by atoms with van der Waals surface area (Å²) in [6.45, 7) is 43.9. The second kappa shape index (κ2) is 27.7. The average Bonchev–Trinajstić information content (AvgIpc) is 1.58. The van der Waals surface area contributed by atoms with Crippen LogP contribution in [-0.4, -0.2) is 62.8 Å². The quantitative estimate of drug-likeness (QED) is 0.123. The van der Waals surface area contributed by atoms with E-state index in [9.17, 15) is 35.1 Å². The van der Waals surface area contributed by atoms with Gasteiger partial charge in [-0.1, -0.05) is 60.7 Å². The van der Waals surface area contributed by atoms with Crippen molar-refractivity contribution >= 4 is 179 Å². The first kappa shape index (κ1) is 74.3. The first-order valence-electron chi connectivity index (χ1n) is 36.7. The second-order valence-corrected chi connectivity index (χ2v) is 29.1. The Morgan fingerprint density at radius 2 is 0.621 bits per heavy atom. The Morgan fingerprint density at radius 1 is 0.302 bits per heavy atom. The maximum atomic E-state index is 15.0. The summed E-state index contributed by atoms with van der Waals surface area (Å²) >= 11 is 0. The van der Waals surface area contributed by atoms with Gasteiger partial charge in [-0.15, -0.1) is 0 Å². The van der Waals surface area contributed by atoms with Gasteiger partial charge >= 0.3 is 0 Å². The zero-order chi connectivity index (χ0) is 81.8. The maximum Gasteiger partial charge on any atom is 0.259 e. The van der Waals surface area contributed by atoms with Crippen molar-refractivity contribution in [1.82, 2.24) is 9.97 Å².